The minimum Gasteiger partial charge on any atom is -0.309 e. The van der Waals surface area contributed by atoms with E-state index >= 15 is 0 Å². The molecule has 0 aromatic carbocycles. The molecule has 3 heterocycles. The molecule has 3 rings (SSSR count). The van der Waals surface area contributed by atoms with Crippen LogP contribution >= 0.6 is 15.9 Å². The smallest absolute Gasteiger partial charge is 0.279 e. The molecule has 1 N–H and O–H groups in total. The van der Waals surface area contributed by atoms with E-state index in [-0.39, 0.29) is 11.1 Å². The predicted octanol–water partition coefficient (Wildman–Crippen LogP) is 1.78. The zero-order chi connectivity index (χ0) is 12.2. The summed E-state index contributed by atoms with van der Waals surface area (Å²) in [6, 6.07) is 1.29. The lowest BCUT2D eigenvalue weighted by atomic mass is 10.4. The van der Waals surface area contributed by atoms with Gasteiger partial charge in [-0.1, -0.05) is 0 Å². The van der Waals surface area contributed by atoms with Gasteiger partial charge < -0.3 is 4.98 Å². The van der Waals surface area contributed by atoms with Gasteiger partial charge in [0.25, 0.3) is 5.56 Å². The molecule has 0 atom stereocenters. The average Bonchev–Trinajstić information content (AvgIpc) is 2.58. The second kappa shape index (κ2) is 3.36. The van der Waals surface area contributed by atoms with Crippen molar-refractivity contribution in [2.45, 2.75) is 6.92 Å². The maximum Gasteiger partial charge on any atom is 0.279 e. The van der Waals surface area contributed by atoms with Gasteiger partial charge in [0.05, 0.1) is 4.47 Å². The van der Waals surface area contributed by atoms with Gasteiger partial charge in [-0.05, 0) is 28.9 Å². The number of nitrogens with one attached hydrogen (secondary N) is 1. The fourth-order valence-corrected chi connectivity index (χ4v) is 2.23. The van der Waals surface area contributed by atoms with Gasteiger partial charge in [-0.2, -0.15) is 0 Å². The zero-order valence-electron chi connectivity index (χ0n) is 8.66. The molecule has 0 bridgehead atoms. The van der Waals surface area contributed by atoms with E-state index in [1.807, 2.05) is 0 Å². The van der Waals surface area contributed by atoms with Crippen LogP contribution in [0.15, 0.2) is 21.5 Å². The number of fused-ring (bicyclic) bond motifs is 3. The first kappa shape index (κ1) is 10.4. The van der Waals surface area contributed by atoms with Crippen LogP contribution in [0.1, 0.15) is 5.82 Å². The molecule has 5 nitrogen and oxygen atoms in total. The summed E-state index contributed by atoms with van der Waals surface area (Å²) in [5.74, 6) is 0.0353. The average molecular weight is 297 g/mol. The molecule has 0 amide bonds. The Bertz CT molecular complexity index is 807. The molecule has 86 valence electrons. The number of halogens is 2. The summed E-state index contributed by atoms with van der Waals surface area (Å²) in [5.41, 5.74) is 0.678. The van der Waals surface area contributed by atoms with Crippen LogP contribution in [-0.2, 0) is 0 Å². The summed E-state index contributed by atoms with van der Waals surface area (Å²) in [5, 5.41) is 0. The fourth-order valence-electron chi connectivity index (χ4n) is 1.73. The zero-order valence-corrected chi connectivity index (χ0v) is 10.2. The van der Waals surface area contributed by atoms with Gasteiger partial charge in [0.2, 0.25) is 0 Å². The molecule has 3 aromatic heterocycles. The number of hydrogen-bond acceptors (Lipinski definition) is 3. The van der Waals surface area contributed by atoms with Crippen molar-refractivity contribution in [2.75, 3.05) is 0 Å². The van der Waals surface area contributed by atoms with E-state index in [0.29, 0.717) is 21.6 Å². The number of aryl methyl sites for hydroxylation is 1. The summed E-state index contributed by atoms with van der Waals surface area (Å²) in [6.07, 6.45) is 1.25. The summed E-state index contributed by atoms with van der Waals surface area (Å²) in [7, 11) is 0. The van der Waals surface area contributed by atoms with E-state index in [1.54, 1.807) is 6.92 Å². The van der Waals surface area contributed by atoms with Gasteiger partial charge >= 0.3 is 0 Å². The number of imidazole rings is 1. The first-order chi connectivity index (χ1) is 8.06. The molecule has 0 saturated heterocycles. The van der Waals surface area contributed by atoms with Crippen LogP contribution in [0.25, 0.3) is 16.8 Å². The Hall–Kier alpha value is -1.76. The number of H-pyrrole nitrogens is 1. The highest BCUT2D eigenvalue weighted by Gasteiger charge is 2.13. The number of rotatable bonds is 0. The molecule has 0 saturated carbocycles. The van der Waals surface area contributed by atoms with E-state index in [0.717, 1.165) is 0 Å². The summed E-state index contributed by atoms with van der Waals surface area (Å²) in [4.78, 5) is 22.5. The lowest BCUT2D eigenvalue weighted by Gasteiger charge is -1.97. The highest BCUT2D eigenvalue weighted by molar-refractivity contribution is 9.10. The van der Waals surface area contributed by atoms with E-state index in [4.69, 9.17) is 0 Å². The molecule has 17 heavy (non-hydrogen) atoms. The highest BCUT2D eigenvalue weighted by Crippen LogP contribution is 2.21. The Morgan fingerprint density at radius 1 is 1.41 bits per heavy atom. The molecule has 0 spiro atoms. The van der Waals surface area contributed by atoms with Crippen molar-refractivity contribution in [3.63, 3.8) is 0 Å². The van der Waals surface area contributed by atoms with E-state index in [1.165, 1.54) is 16.7 Å². The van der Waals surface area contributed by atoms with Crippen molar-refractivity contribution < 1.29 is 4.39 Å². The third kappa shape index (κ3) is 1.46. The topological polar surface area (TPSA) is 63.1 Å². The van der Waals surface area contributed by atoms with E-state index in [9.17, 15) is 9.18 Å². The molecule has 3 aromatic rings. The molecule has 0 unspecified atom stereocenters. The van der Waals surface area contributed by atoms with Crippen molar-refractivity contribution in [1.82, 2.24) is 19.4 Å². The standard InChI is InChI=1S/C10H6BrFN4O/c1-4-13-9-7(10(17)14-4)15-8-6(11)2-5(12)3-16(8)9/h2-3H,1H3,(H,13,14,17). The lowest BCUT2D eigenvalue weighted by Crippen LogP contribution is -2.09. The normalized spacial score (nSPS) is 11.5. The number of aromatic amines is 1. The molecular formula is C10H6BrFN4O. The van der Waals surface area contributed by atoms with Crippen LogP contribution in [0.2, 0.25) is 0 Å². The Morgan fingerprint density at radius 3 is 2.94 bits per heavy atom. The Kier molecular flexibility index (Phi) is 2.06. The van der Waals surface area contributed by atoms with E-state index < -0.39 is 5.82 Å². The molecule has 0 fully saturated rings. The van der Waals surface area contributed by atoms with E-state index in [2.05, 4.69) is 30.9 Å². The third-order valence-corrected chi connectivity index (χ3v) is 2.98. The molecular weight excluding hydrogens is 291 g/mol. The highest BCUT2D eigenvalue weighted by atomic mass is 79.9. The molecule has 0 radical (unpaired) electrons. The van der Waals surface area contributed by atoms with Gasteiger partial charge in [0.1, 0.15) is 11.6 Å². The van der Waals surface area contributed by atoms with Gasteiger partial charge in [-0.15, -0.1) is 0 Å². The van der Waals surface area contributed by atoms with Crippen molar-refractivity contribution in [2.24, 2.45) is 0 Å². The third-order valence-electron chi connectivity index (χ3n) is 2.40. The van der Waals surface area contributed by atoms with Crippen molar-refractivity contribution >= 4 is 32.7 Å². The van der Waals surface area contributed by atoms with Crippen LogP contribution in [0, 0.1) is 12.7 Å². The van der Waals surface area contributed by atoms with Crippen LogP contribution in [0.4, 0.5) is 4.39 Å². The van der Waals surface area contributed by atoms with Gasteiger partial charge in [-0.25, -0.2) is 14.4 Å². The van der Waals surface area contributed by atoms with Gasteiger partial charge in [0, 0.05) is 6.20 Å². The monoisotopic (exact) mass is 296 g/mol. The first-order valence-corrected chi connectivity index (χ1v) is 5.59. The van der Waals surface area contributed by atoms with Crippen molar-refractivity contribution in [1.29, 1.82) is 0 Å². The van der Waals surface area contributed by atoms with Crippen LogP contribution in [0.3, 0.4) is 0 Å². The van der Waals surface area contributed by atoms with Gasteiger partial charge in [0.15, 0.2) is 16.8 Å². The Labute approximate surface area is 102 Å². The number of hydrogen-bond donors (Lipinski definition) is 1. The fraction of sp³-hybridized carbons (Fsp3) is 0.100. The quantitative estimate of drug-likeness (QED) is 0.688. The number of nitrogens with zero attached hydrogens (tertiary/aromatic N) is 3. The predicted molar refractivity (Wildman–Crippen MR) is 63.5 cm³/mol. The summed E-state index contributed by atoms with van der Waals surface area (Å²) >= 11 is 3.21. The summed E-state index contributed by atoms with van der Waals surface area (Å²) in [6.45, 7) is 1.66. The Morgan fingerprint density at radius 2 is 2.18 bits per heavy atom. The largest absolute Gasteiger partial charge is 0.309 e. The second-order valence-electron chi connectivity index (χ2n) is 3.64. The minimum absolute atomic E-state index is 0.196. The molecule has 7 heteroatoms. The van der Waals surface area contributed by atoms with Crippen molar-refractivity contribution in [3.8, 4) is 0 Å². The summed E-state index contributed by atoms with van der Waals surface area (Å²) < 4.78 is 15.2. The molecule has 0 aliphatic carbocycles. The first-order valence-electron chi connectivity index (χ1n) is 4.80. The van der Waals surface area contributed by atoms with Crippen LogP contribution in [0.5, 0.6) is 0 Å². The SMILES string of the molecule is Cc1nc2c(nc3c(Br)cc(F)cn32)c(=O)[nH]1. The maximum atomic E-state index is 13.3. The van der Waals surface area contributed by atoms with Gasteiger partial charge in [-0.3, -0.25) is 9.20 Å². The maximum absolute atomic E-state index is 13.3. The minimum atomic E-state index is -0.427. The molecule has 0 aliphatic heterocycles. The number of pyridine rings is 1. The molecule has 0 aliphatic rings. The van der Waals surface area contributed by atoms with Crippen molar-refractivity contribution in [3.05, 3.63) is 38.7 Å². The Balaban J connectivity index is 2.65. The lowest BCUT2D eigenvalue weighted by molar-refractivity contribution is 0.619. The number of aromatic nitrogens is 4. The van der Waals surface area contributed by atoms with Crippen LogP contribution in [-0.4, -0.2) is 19.4 Å². The second-order valence-corrected chi connectivity index (χ2v) is 4.49. The van der Waals surface area contributed by atoms with Crippen LogP contribution < -0.4 is 5.56 Å².